The predicted octanol–water partition coefficient (Wildman–Crippen LogP) is 2.55. The summed E-state index contributed by atoms with van der Waals surface area (Å²) in [6.45, 7) is 5.04. The molecule has 2 rings (SSSR count). The van der Waals surface area contributed by atoms with Crippen LogP contribution in [0, 0.1) is 0 Å². The standard InChI is InChI=1S/C13H17Br2N5O/c1-13(2,20-9-11(15)7-18-20)12(21)16-4-3-5-19-8-10(14)6-17-19/h6-9H,3-5H2,1-2H3,(H,16,21). The molecule has 1 N–H and O–H groups in total. The van der Waals surface area contributed by atoms with E-state index in [1.165, 1.54) is 0 Å². The van der Waals surface area contributed by atoms with Gasteiger partial charge in [0.25, 0.3) is 0 Å². The van der Waals surface area contributed by atoms with Gasteiger partial charge in [-0.3, -0.25) is 14.2 Å². The number of hydrogen-bond donors (Lipinski definition) is 1. The maximum absolute atomic E-state index is 12.3. The van der Waals surface area contributed by atoms with Crippen LogP contribution in [0.25, 0.3) is 0 Å². The zero-order valence-electron chi connectivity index (χ0n) is 11.9. The zero-order valence-corrected chi connectivity index (χ0v) is 15.1. The third-order valence-corrected chi connectivity index (χ3v) is 3.95. The van der Waals surface area contributed by atoms with E-state index in [1.807, 2.05) is 24.7 Å². The van der Waals surface area contributed by atoms with Crippen LogP contribution in [-0.4, -0.2) is 32.0 Å². The van der Waals surface area contributed by atoms with Crippen LogP contribution in [0.4, 0.5) is 0 Å². The smallest absolute Gasteiger partial charge is 0.247 e. The van der Waals surface area contributed by atoms with Crippen molar-refractivity contribution in [3.63, 3.8) is 0 Å². The van der Waals surface area contributed by atoms with Crippen molar-refractivity contribution in [2.45, 2.75) is 32.4 Å². The molecule has 0 saturated carbocycles. The predicted molar refractivity (Wildman–Crippen MR) is 86.8 cm³/mol. The Morgan fingerprint density at radius 1 is 1.24 bits per heavy atom. The molecule has 114 valence electrons. The van der Waals surface area contributed by atoms with Gasteiger partial charge in [-0.1, -0.05) is 0 Å². The number of aryl methyl sites for hydroxylation is 1. The molecule has 0 fully saturated rings. The van der Waals surface area contributed by atoms with Gasteiger partial charge in [0.15, 0.2) is 0 Å². The van der Waals surface area contributed by atoms with E-state index >= 15 is 0 Å². The molecule has 2 heterocycles. The highest BCUT2D eigenvalue weighted by Crippen LogP contribution is 2.17. The number of rotatable bonds is 6. The third-order valence-electron chi connectivity index (χ3n) is 3.13. The van der Waals surface area contributed by atoms with Crippen LogP contribution < -0.4 is 5.32 Å². The molecule has 2 aromatic heterocycles. The molecule has 2 aromatic rings. The minimum absolute atomic E-state index is 0.0558. The normalized spacial score (nSPS) is 11.6. The highest BCUT2D eigenvalue weighted by Gasteiger charge is 2.30. The number of hydrogen-bond acceptors (Lipinski definition) is 3. The molecule has 0 spiro atoms. The Morgan fingerprint density at radius 3 is 2.48 bits per heavy atom. The maximum atomic E-state index is 12.3. The van der Waals surface area contributed by atoms with Crippen LogP contribution >= 0.6 is 31.9 Å². The van der Waals surface area contributed by atoms with Crippen LogP contribution in [0.5, 0.6) is 0 Å². The van der Waals surface area contributed by atoms with E-state index in [2.05, 4.69) is 47.4 Å². The van der Waals surface area contributed by atoms with Gasteiger partial charge in [0.05, 0.1) is 21.3 Å². The number of aromatic nitrogens is 4. The molecule has 0 aliphatic heterocycles. The molecule has 0 atom stereocenters. The van der Waals surface area contributed by atoms with Crippen molar-refractivity contribution in [1.29, 1.82) is 0 Å². The lowest BCUT2D eigenvalue weighted by Gasteiger charge is -2.24. The van der Waals surface area contributed by atoms with Gasteiger partial charge in [0.1, 0.15) is 5.54 Å². The van der Waals surface area contributed by atoms with Gasteiger partial charge in [-0.15, -0.1) is 0 Å². The van der Waals surface area contributed by atoms with Crippen molar-refractivity contribution in [1.82, 2.24) is 24.9 Å². The summed E-state index contributed by atoms with van der Waals surface area (Å²) in [4.78, 5) is 12.3. The first-order valence-electron chi connectivity index (χ1n) is 6.56. The van der Waals surface area contributed by atoms with Crippen molar-refractivity contribution in [2.24, 2.45) is 0 Å². The first-order chi connectivity index (χ1) is 9.89. The summed E-state index contributed by atoms with van der Waals surface area (Å²) in [7, 11) is 0. The number of halogens is 2. The van der Waals surface area contributed by atoms with E-state index in [-0.39, 0.29) is 5.91 Å². The number of nitrogens with one attached hydrogen (secondary N) is 1. The minimum atomic E-state index is -0.721. The molecule has 0 radical (unpaired) electrons. The fourth-order valence-electron chi connectivity index (χ4n) is 1.83. The van der Waals surface area contributed by atoms with Gasteiger partial charge in [0, 0.05) is 25.5 Å². The lowest BCUT2D eigenvalue weighted by Crippen LogP contribution is -2.45. The number of carbonyl (C=O) groups excluding carboxylic acids is 1. The van der Waals surface area contributed by atoms with Crippen LogP contribution in [0.3, 0.4) is 0 Å². The fourth-order valence-corrected chi connectivity index (χ4v) is 2.44. The van der Waals surface area contributed by atoms with E-state index in [0.717, 1.165) is 21.9 Å². The van der Waals surface area contributed by atoms with Gasteiger partial charge in [0.2, 0.25) is 5.91 Å². The molecule has 0 aromatic carbocycles. The van der Waals surface area contributed by atoms with E-state index in [0.29, 0.717) is 6.54 Å². The average molecular weight is 419 g/mol. The molecule has 1 amide bonds. The number of amides is 1. The van der Waals surface area contributed by atoms with Crippen molar-refractivity contribution in [2.75, 3.05) is 6.54 Å². The molecular formula is C13H17Br2N5O. The fraction of sp³-hybridized carbons (Fsp3) is 0.462. The average Bonchev–Trinajstić information content (AvgIpc) is 3.03. The van der Waals surface area contributed by atoms with Gasteiger partial charge in [-0.05, 0) is 52.1 Å². The van der Waals surface area contributed by atoms with E-state index in [9.17, 15) is 4.79 Å². The van der Waals surface area contributed by atoms with Crippen LogP contribution in [0.1, 0.15) is 20.3 Å². The van der Waals surface area contributed by atoms with Crippen molar-refractivity contribution in [3.05, 3.63) is 33.7 Å². The van der Waals surface area contributed by atoms with Crippen molar-refractivity contribution < 1.29 is 4.79 Å². The molecule has 0 bridgehead atoms. The maximum Gasteiger partial charge on any atom is 0.247 e. The summed E-state index contributed by atoms with van der Waals surface area (Å²) in [6.07, 6.45) is 7.94. The van der Waals surface area contributed by atoms with E-state index in [4.69, 9.17) is 0 Å². The molecule has 21 heavy (non-hydrogen) atoms. The SMILES string of the molecule is CC(C)(C(=O)NCCCn1cc(Br)cn1)n1cc(Br)cn1. The molecule has 0 aliphatic rings. The van der Waals surface area contributed by atoms with Crippen molar-refractivity contribution in [3.8, 4) is 0 Å². The Labute approximate surface area is 140 Å². The summed E-state index contributed by atoms with van der Waals surface area (Å²) in [5, 5.41) is 11.3. The highest BCUT2D eigenvalue weighted by atomic mass is 79.9. The third kappa shape index (κ3) is 4.16. The van der Waals surface area contributed by atoms with E-state index < -0.39 is 5.54 Å². The van der Waals surface area contributed by atoms with Gasteiger partial charge >= 0.3 is 0 Å². The minimum Gasteiger partial charge on any atom is -0.354 e. The second-order valence-corrected chi connectivity index (χ2v) is 7.02. The monoisotopic (exact) mass is 417 g/mol. The second kappa shape index (κ2) is 6.74. The highest BCUT2D eigenvalue weighted by molar-refractivity contribution is 9.10. The quantitative estimate of drug-likeness (QED) is 0.733. The summed E-state index contributed by atoms with van der Waals surface area (Å²) in [5.41, 5.74) is -0.721. The molecule has 8 heteroatoms. The molecule has 0 unspecified atom stereocenters. The second-order valence-electron chi connectivity index (χ2n) is 5.19. The summed E-state index contributed by atoms with van der Waals surface area (Å²) in [6, 6.07) is 0. The summed E-state index contributed by atoms with van der Waals surface area (Å²) >= 11 is 6.69. The number of nitrogens with zero attached hydrogens (tertiary/aromatic N) is 4. The Morgan fingerprint density at radius 2 is 1.90 bits per heavy atom. The van der Waals surface area contributed by atoms with Gasteiger partial charge in [-0.2, -0.15) is 10.2 Å². The Hall–Kier alpha value is -1.15. The van der Waals surface area contributed by atoms with Crippen molar-refractivity contribution >= 4 is 37.8 Å². The largest absolute Gasteiger partial charge is 0.354 e. The van der Waals surface area contributed by atoms with E-state index in [1.54, 1.807) is 23.3 Å². The number of carbonyl (C=O) groups is 1. The lowest BCUT2D eigenvalue weighted by molar-refractivity contribution is -0.128. The Bertz CT molecular complexity index is 620. The van der Waals surface area contributed by atoms with Crippen LogP contribution in [0.2, 0.25) is 0 Å². The molecule has 0 saturated heterocycles. The first-order valence-corrected chi connectivity index (χ1v) is 8.15. The van der Waals surface area contributed by atoms with Gasteiger partial charge in [-0.25, -0.2) is 0 Å². The summed E-state index contributed by atoms with van der Waals surface area (Å²) < 4.78 is 5.30. The van der Waals surface area contributed by atoms with Crippen LogP contribution in [-0.2, 0) is 16.9 Å². The van der Waals surface area contributed by atoms with Crippen LogP contribution in [0.15, 0.2) is 33.7 Å². The molecular weight excluding hydrogens is 402 g/mol. The van der Waals surface area contributed by atoms with Gasteiger partial charge < -0.3 is 5.32 Å². The molecule has 6 nitrogen and oxygen atoms in total. The topological polar surface area (TPSA) is 64.7 Å². The first kappa shape index (κ1) is 16.2. The lowest BCUT2D eigenvalue weighted by atomic mass is 10.1. The Balaban J connectivity index is 1.81. The zero-order chi connectivity index (χ0) is 15.5. The summed E-state index contributed by atoms with van der Waals surface area (Å²) in [5.74, 6) is -0.0558. The molecule has 0 aliphatic carbocycles. The Kier molecular flexibility index (Phi) is 5.21.